The molecule has 0 radical (unpaired) electrons. The van der Waals surface area contributed by atoms with Gasteiger partial charge in [-0.15, -0.1) is 0 Å². The standard InChI is InChI=1S/C26H51NO5/c1-2-3-4-5-6-7-11-17-24-32-26(31)19-14-12-16-21-27(22-23-28)20-15-10-8-9-13-18-25(29)30/h28H,2-24H2,1H3,(H,29,30). The molecule has 190 valence electrons. The largest absolute Gasteiger partial charge is 0.481 e. The molecule has 0 saturated carbocycles. The van der Waals surface area contributed by atoms with E-state index >= 15 is 0 Å². The molecule has 0 spiro atoms. The normalized spacial score (nSPS) is 11.2. The molecule has 0 aliphatic rings. The van der Waals surface area contributed by atoms with Gasteiger partial charge in [-0.1, -0.05) is 77.6 Å². The highest BCUT2D eigenvalue weighted by molar-refractivity contribution is 5.69. The van der Waals surface area contributed by atoms with E-state index in [-0.39, 0.29) is 19.0 Å². The average Bonchev–Trinajstić information content (AvgIpc) is 2.76. The Morgan fingerprint density at radius 3 is 1.75 bits per heavy atom. The predicted octanol–water partition coefficient (Wildman–Crippen LogP) is 5.95. The number of hydrogen-bond donors (Lipinski definition) is 2. The molecule has 0 aromatic carbocycles. The molecule has 0 heterocycles. The van der Waals surface area contributed by atoms with E-state index in [0.29, 0.717) is 19.6 Å². The Bertz CT molecular complexity index is 430. The molecule has 0 unspecified atom stereocenters. The highest BCUT2D eigenvalue weighted by Gasteiger charge is 2.06. The fourth-order valence-corrected chi connectivity index (χ4v) is 3.89. The van der Waals surface area contributed by atoms with Gasteiger partial charge in [-0.2, -0.15) is 0 Å². The molecular formula is C26H51NO5. The van der Waals surface area contributed by atoms with Gasteiger partial charge in [0.1, 0.15) is 0 Å². The lowest BCUT2D eigenvalue weighted by molar-refractivity contribution is -0.144. The van der Waals surface area contributed by atoms with Gasteiger partial charge < -0.3 is 19.8 Å². The Labute approximate surface area is 197 Å². The van der Waals surface area contributed by atoms with Crippen LogP contribution in [0.3, 0.4) is 0 Å². The lowest BCUT2D eigenvalue weighted by atomic mass is 10.1. The highest BCUT2D eigenvalue weighted by Crippen LogP contribution is 2.10. The highest BCUT2D eigenvalue weighted by atomic mass is 16.5. The number of carboxylic acids is 1. The van der Waals surface area contributed by atoms with Crippen molar-refractivity contribution in [2.75, 3.05) is 32.8 Å². The lowest BCUT2D eigenvalue weighted by Gasteiger charge is -2.21. The second-order valence-corrected chi connectivity index (χ2v) is 8.98. The van der Waals surface area contributed by atoms with E-state index in [1.807, 2.05) is 0 Å². The fourth-order valence-electron chi connectivity index (χ4n) is 3.89. The molecule has 32 heavy (non-hydrogen) atoms. The first-order valence-corrected chi connectivity index (χ1v) is 13.3. The van der Waals surface area contributed by atoms with Crippen LogP contribution in [0.4, 0.5) is 0 Å². The number of esters is 1. The number of nitrogens with zero attached hydrogens (tertiary/aromatic N) is 1. The maximum atomic E-state index is 11.8. The molecule has 0 rings (SSSR count). The average molecular weight is 458 g/mol. The van der Waals surface area contributed by atoms with Crippen molar-refractivity contribution >= 4 is 11.9 Å². The summed E-state index contributed by atoms with van der Waals surface area (Å²) in [7, 11) is 0. The number of carbonyl (C=O) groups is 2. The Kier molecular flexibility index (Phi) is 23.6. The minimum atomic E-state index is -0.712. The maximum absolute atomic E-state index is 11.8. The molecule has 0 aromatic heterocycles. The van der Waals surface area contributed by atoms with E-state index in [2.05, 4.69) is 11.8 Å². The third-order valence-corrected chi connectivity index (χ3v) is 5.90. The van der Waals surface area contributed by atoms with Crippen LogP contribution in [-0.4, -0.2) is 59.9 Å². The van der Waals surface area contributed by atoms with Gasteiger partial charge in [-0.3, -0.25) is 9.59 Å². The second-order valence-electron chi connectivity index (χ2n) is 8.98. The van der Waals surface area contributed by atoms with Crippen LogP contribution in [0.2, 0.25) is 0 Å². The summed E-state index contributed by atoms with van der Waals surface area (Å²) in [6, 6.07) is 0. The molecule has 0 aliphatic carbocycles. The molecule has 0 amide bonds. The zero-order valence-electron chi connectivity index (χ0n) is 20.8. The summed E-state index contributed by atoms with van der Waals surface area (Å²) < 4.78 is 5.34. The van der Waals surface area contributed by atoms with Crippen molar-refractivity contribution in [1.82, 2.24) is 4.90 Å². The predicted molar refractivity (Wildman–Crippen MR) is 131 cm³/mol. The van der Waals surface area contributed by atoms with Crippen LogP contribution in [0.15, 0.2) is 0 Å². The van der Waals surface area contributed by atoms with Gasteiger partial charge >= 0.3 is 11.9 Å². The fraction of sp³-hybridized carbons (Fsp3) is 0.923. The van der Waals surface area contributed by atoms with Crippen molar-refractivity contribution in [2.45, 2.75) is 122 Å². The van der Waals surface area contributed by atoms with Gasteiger partial charge in [-0.25, -0.2) is 0 Å². The van der Waals surface area contributed by atoms with E-state index in [4.69, 9.17) is 9.84 Å². The molecule has 2 N–H and O–H groups in total. The van der Waals surface area contributed by atoms with Crippen molar-refractivity contribution < 1.29 is 24.5 Å². The first-order valence-electron chi connectivity index (χ1n) is 13.3. The smallest absolute Gasteiger partial charge is 0.305 e. The molecule has 0 aromatic rings. The van der Waals surface area contributed by atoms with E-state index in [0.717, 1.165) is 77.3 Å². The van der Waals surface area contributed by atoms with E-state index in [1.165, 1.54) is 38.5 Å². The zero-order chi connectivity index (χ0) is 23.7. The first-order chi connectivity index (χ1) is 15.6. The SMILES string of the molecule is CCCCCCCCCCOC(=O)CCCCCN(CCO)CCCCCCCC(=O)O. The number of aliphatic hydroxyl groups is 1. The lowest BCUT2D eigenvalue weighted by Crippen LogP contribution is -2.29. The van der Waals surface area contributed by atoms with Gasteiger partial charge in [0.2, 0.25) is 0 Å². The second kappa shape index (κ2) is 24.5. The van der Waals surface area contributed by atoms with E-state index in [1.54, 1.807) is 0 Å². The molecule has 0 aliphatic heterocycles. The van der Waals surface area contributed by atoms with Crippen LogP contribution in [-0.2, 0) is 14.3 Å². The van der Waals surface area contributed by atoms with Gasteiger partial charge in [0.25, 0.3) is 0 Å². The Hall–Kier alpha value is -1.14. The van der Waals surface area contributed by atoms with Crippen molar-refractivity contribution in [1.29, 1.82) is 0 Å². The number of aliphatic carboxylic acids is 1. The Morgan fingerprint density at radius 1 is 0.656 bits per heavy atom. The number of carboxylic acid groups (broad SMARTS) is 1. The number of carbonyl (C=O) groups excluding carboxylic acids is 1. The van der Waals surface area contributed by atoms with Crippen LogP contribution in [0.1, 0.15) is 122 Å². The number of ether oxygens (including phenoxy) is 1. The number of hydrogen-bond acceptors (Lipinski definition) is 5. The summed E-state index contributed by atoms with van der Waals surface area (Å²) in [5, 5.41) is 17.9. The number of unbranched alkanes of at least 4 members (excludes halogenated alkanes) is 13. The summed E-state index contributed by atoms with van der Waals surface area (Å²) in [6.45, 7) is 5.59. The summed E-state index contributed by atoms with van der Waals surface area (Å²) in [6.07, 6.45) is 18.7. The third kappa shape index (κ3) is 23.5. The zero-order valence-corrected chi connectivity index (χ0v) is 20.8. The summed E-state index contributed by atoms with van der Waals surface area (Å²) in [4.78, 5) is 24.6. The topological polar surface area (TPSA) is 87.1 Å². The number of rotatable bonds is 25. The monoisotopic (exact) mass is 457 g/mol. The van der Waals surface area contributed by atoms with Gasteiger partial charge in [0.05, 0.1) is 13.2 Å². The van der Waals surface area contributed by atoms with E-state index < -0.39 is 5.97 Å². The van der Waals surface area contributed by atoms with Gasteiger partial charge in [0.15, 0.2) is 0 Å². The first kappa shape index (κ1) is 30.9. The van der Waals surface area contributed by atoms with Crippen molar-refractivity contribution in [3.8, 4) is 0 Å². The molecule has 6 heteroatoms. The molecule has 0 bridgehead atoms. The van der Waals surface area contributed by atoms with Crippen LogP contribution in [0.25, 0.3) is 0 Å². The maximum Gasteiger partial charge on any atom is 0.305 e. The van der Waals surface area contributed by atoms with Crippen molar-refractivity contribution in [2.24, 2.45) is 0 Å². The van der Waals surface area contributed by atoms with Crippen LogP contribution in [0, 0.1) is 0 Å². The number of aliphatic hydroxyl groups excluding tert-OH is 1. The Balaban J connectivity index is 3.54. The van der Waals surface area contributed by atoms with Crippen molar-refractivity contribution in [3.05, 3.63) is 0 Å². The molecule has 6 nitrogen and oxygen atoms in total. The molecule has 0 atom stereocenters. The Morgan fingerprint density at radius 2 is 1.16 bits per heavy atom. The third-order valence-electron chi connectivity index (χ3n) is 5.90. The van der Waals surface area contributed by atoms with E-state index in [9.17, 15) is 14.7 Å². The van der Waals surface area contributed by atoms with Crippen LogP contribution in [0.5, 0.6) is 0 Å². The minimum Gasteiger partial charge on any atom is -0.481 e. The van der Waals surface area contributed by atoms with Crippen LogP contribution >= 0.6 is 0 Å². The van der Waals surface area contributed by atoms with Crippen LogP contribution < -0.4 is 0 Å². The summed E-state index contributed by atoms with van der Waals surface area (Å²) in [5.41, 5.74) is 0. The summed E-state index contributed by atoms with van der Waals surface area (Å²) >= 11 is 0. The molecular weight excluding hydrogens is 406 g/mol. The van der Waals surface area contributed by atoms with Crippen molar-refractivity contribution in [3.63, 3.8) is 0 Å². The summed E-state index contributed by atoms with van der Waals surface area (Å²) in [5.74, 6) is -0.779. The van der Waals surface area contributed by atoms with Gasteiger partial charge in [-0.05, 0) is 45.2 Å². The quantitative estimate of drug-likeness (QED) is 0.130. The molecule has 0 saturated heterocycles. The molecule has 0 fully saturated rings. The minimum absolute atomic E-state index is 0.0666. The van der Waals surface area contributed by atoms with Gasteiger partial charge in [0, 0.05) is 19.4 Å².